The highest BCUT2D eigenvalue weighted by molar-refractivity contribution is 7.12. The third kappa shape index (κ3) is 2.57. The summed E-state index contributed by atoms with van der Waals surface area (Å²) in [6.45, 7) is 6.35. The lowest BCUT2D eigenvalue weighted by Gasteiger charge is -2.17. The summed E-state index contributed by atoms with van der Waals surface area (Å²) in [5, 5.41) is 0. The highest BCUT2D eigenvalue weighted by Crippen LogP contribution is 2.29. The van der Waals surface area contributed by atoms with Crippen LogP contribution in [0.25, 0.3) is 0 Å². The number of hydrazine groups is 1. The fraction of sp³-hybridized carbons (Fsp3) is 0.286. The fourth-order valence-electron chi connectivity index (χ4n) is 2.00. The van der Waals surface area contributed by atoms with E-state index in [9.17, 15) is 0 Å². The summed E-state index contributed by atoms with van der Waals surface area (Å²) in [4.78, 5) is 2.57. The minimum atomic E-state index is 0.0913. The second kappa shape index (κ2) is 5.00. The van der Waals surface area contributed by atoms with E-state index in [1.54, 1.807) is 11.3 Å². The number of hydrogen-bond acceptors (Lipinski definition) is 3. The van der Waals surface area contributed by atoms with Gasteiger partial charge in [0, 0.05) is 9.75 Å². The summed E-state index contributed by atoms with van der Waals surface area (Å²) in [7, 11) is 0. The van der Waals surface area contributed by atoms with Crippen LogP contribution in [0.2, 0.25) is 0 Å². The lowest BCUT2D eigenvalue weighted by Crippen LogP contribution is -2.28. The Hall–Kier alpha value is -1.16. The van der Waals surface area contributed by atoms with Crippen molar-refractivity contribution in [3.05, 3.63) is 56.8 Å². The number of thiophene rings is 1. The van der Waals surface area contributed by atoms with Crippen LogP contribution < -0.4 is 11.3 Å². The van der Waals surface area contributed by atoms with Crippen molar-refractivity contribution in [1.82, 2.24) is 5.43 Å². The zero-order valence-electron chi connectivity index (χ0n) is 10.4. The van der Waals surface area contributed by atoms with Crippen molar-refractivity contribution in [2.75, 3.05) is 0 Å². The molecule has 0 spiro atoms. The van der Waals surface area contributed by atoms with Crippen LogP contribution in [0.5, 0.6) is 0 Å². The highest BCUT2D eigenvalue weighted by Gasteiger charge is 2.16. The van der Waals surface area contributed by atoms with E-state index in [2.05, 4.69) is 56.5 Å². The van der Waals surface area contributed by atoms with E-state index in [0.29, 0.717) is 0 Å². The molecular weight excluding hydrogens is 228 g/mol. The molecule has 0 saturated heterocycles. The second-order valence-electron chi connectivity index (χ2n) is 4.41. The fourth-order valence-corrected chi connectivity index (χ4v) is 2.96. The monoisotopic (exact) mass is 246 g/mol. The van der Waals surface area contributed by atoms with Crippen LogP contribution in [0.1, 0.15) is 32.5 Å². The van der Waals surface area contributed by atoms with Crippen LogP contribution in [-0.4, -0.2) is 0 Å². The van der Waals surface area contributed by atoms with Crippen molar-refractivity contribution < 1.29 is 0 Å². The molecule has 3 heteroatoms. The molecule has 0 radical (unpaired) electrons. The molecule has 2 rings (SSSR count). The Morgan fingerprint density at radius 1 is 1.12 bits per heavy atom. The molecule has 0 aliphatic carbocycles. The molecule has 0 aliphatic rings. The van der Waals surface area contributed by atoms with Gasteiger partial charge in [0.25, 0.3) is 0 Å². The molecule has 0 fully saturated rings. The van der Waals surface area contributed by atoms with Crippen LogP contribution in [0, 0.1) is 20.8 Å². The van der Waals surface area contributed by atoms with Crippen LogP contribution in [0.3, 0.4) is 0 Å². The Morgan fingerprint density at radius 3 is 2.47 bits per heavy atom. The SMILES string of the molecule is Cc1ccc(C)c(C(NN)c2ccc(C)s2)c1. The standard InChI is InChI=1S/C14H18N2S/c1-9-4-5-10(2)12(8-9)14(16-15)13-7-6-11(3)17-13/h4-8,14,16H,15H2,1-3H3. The number of rotatable bonds is 3. The summed E-state index contributed by atoms with van der Waals surface area (Å²) < 4.78 is 0. The molecule has 1 heterocycles. The van der Waals surface area contributed by atoms with E-state index in [-0.39, 0.29) is 6.04 Å². The smallest absolute Gasteiger partial charge is 0.0805 e. The first-order valence-corrected chi connectivity index (χ1v) is 6.53. The van der Waals surface area contributed by atoms with E-state index in [1.165, 1.54) is 26.4 Å². The van der Waals surface area contributed by atoms with Gasteiger partial charge >= 0.3 is 0 Å². The first-order valence-electron chi connectivity index (χ1n) is 5.71. The molecule has 17 heavy (non-hydrogen) atoms. The van der Waals surface area contributed by atoms with Crippen molar-refractivity contribution in [3.8, 4) is 0 Å². The number of nitrogens with two attached hydrogens (primary N) is 1. The zero-order valence-corrected chi connectivity index (χ0v) is 11.3. The molecule has 3 N–H and O–H groups in total. The van der Waals surface area contributed by atoms with Crippen molar-refractivity contribution in [3.63, 3.8) is 0 Å². The summed E-state index contributed by atoms with van der Waals surface area (Å²) in [6, 6.07) is 10.9. The molecule has 0 aliphatic heterocycles. The van der Waals surface area contributed by atoms with Crippen LogP contribution in [0.15, 0.2) is 30.3 Å². The molecule has 1 unspecified atom stereocenters. The molecule has 90 valence electrons. The Bertz CT molecular complexity index is 517. The largest absolute Gasteiger partial charge is 0.271 e. The van der Waals surface area contributed by atoms with Crippen molar-refractivity contribution in [2.45, 2.75) is 26.8 Å². The topological polar surface area (TPSA) is 38.0 Å². The predicted molar refractivity (Wildman–Crippen MR) is 74.1 cm³/mol. The van der Waals surface area contributed by atoms with E-state index in [1.807, 2.05) is 0 Å². The number of nitrogens with one attached hydrogen (secondary N) is 1. The van der Waals surface area contributed by atoms with E-state index in [0.717, 1.165) is 0 Å². The van der Waals surface area contributed by atoms with Gasteiger partial charge in [0.2, 0.25) is 0 Å². The van der Waals surface area contributed by atoms with E-state index >= 15 is 0 Å². The molecule has 1 aromatic carbocycles. The average molecular weight is 246 g/mol. The predicted octanol–water partition coefficient (Wildman–Crippen LogP) is 3.23. The summed E-state index contributed by atoms with van der Waals surface area (Å²) in [6.07, 6.45) is 0. The summed E-state index contributed by atoms with van der Waals surface area (Å²) >= 11 is 1.79. The van der Waals surface area contributed by atoms with Crippen molar-refractivity contribution >= 4 is 11.3 Å². The maximum Gasteiger partial charge on any atom is 0.0805 e. The van der Waals surface area contributed by atoms with Crippen LogP contribution in [-0.2, 0) is 0 Å². The maximum absolute atomic E-state index is 5.72. The Morgan fingerprint density at radius 2 is 1.88 bits per heavy atom. The molecule has 1 aromatic heterocycles. The first-order chi connectivity index (χ1) is 8.11. The maximum atomic E-state index is 5.72. The third-order valence-electron chi connectivity index (χ3n) is 2.96. The first kappa shape index (κ1) is 12.3. The van der Waals surface area contributed by atoms with E-state index in [4.69, 9.17) is 5.84 Å². The second-order valence-corrected chi connectivity index (χ2v) is 5.73. The van der Waals surface area contributed by atoms with Gasteiger partial charge in [-0.15, -0.1) is 11.3 Å². The minimum Gasteiger partial charge on any atom is -0.271 e. The van der Waals surface area contributed by atoms with Gasteiger partial charge in [-0.3, -0.25) is 5.84 Å². The molecule has 2 nitrogen and oxygen atoms in total. The van der Waals surface area contributed by atoms with Gasteiger partial charge in [-0.25, -0.2) is 5.43 Å². The average Bonchev–Trinajstić information content (AvgIpc) is 2.71. The quantitative estimate of drug-likeness (QED) is 0.644. The minimum absolute atomic E-state index is 0.0913. The lowest BCUT2D eigenvalue weighted by molar-refractivity contribution is 0.643. The molecule has 1 atom stereocenters. The number of aryl methyl sites for hydroxylation is 3. The van der Waals surface area contributed by atoms with Gasteiger partial charge in [-0.05, 0) is 44.0 Å². The summed E-state index contributed by atoms with van der Waals surface area (Å²) in [5.41, 5.74) is 6.72. The number of hydrogen-bond donors (Lipinski definition) is 2. The molecule has 2 aromatic rings. The molecule has 0 saturated carbocycles. The van der Waals surface area contributed by atoms with Crippen LogP contribution in [0.4, 0.5) is 0 Å². The Balaban J connectivity index is 2.45. The van der Waals surface area contributed by atoms with Gasteiger partial charge in [0.05, 0.1) is 6.04 Å². The van der Waals surface area contributed by atoms with Gasteiger partial charge < -0.3 is 0 Å². The lowest BCUT2D eigenvalue weighted by atomic mass is 9.98. The molecular formula is C14H18N2S. The zero-order chi connectivity index (χ0) is 12.4. The van der Waals surface area contributed by atoms with Crippen molar-refractivity contribution in [2.24, 2.45) is 5.84 Å². The number of benzene rings is 1. The third-order valence-corrected chi connectivity index (χ3v) is 4.02. The van der Waals surface area contributed by atoms with Gasteiger partial charge in [0.15, 0.2) is 0 Å². The highest BCUT2D eigenvalue weighted by atomic mass is 32.1. The van der Waals surface area contributed by atoms with Gasteiger partial charge in [-0.1, -0.05) is 23.8 Å². The van der Waals surface area contributed by atoms with Gasteiger partial charge in [0.1, 0.15) is 0 Å². The summed E-state index contributed by atoms with van der Waals surface area (Å²) in [5.74, 6) is 5.72. The van der Waals surface area contributed by atoms with Crippen LogP contribution >= 0.6 is 11.3 Å². The van der Waals surface area contributed by atoms with Crippen molar-refractivity contribution in [1.29, 1.82) is 0 Å². The Labute approximate surface area is 106 Å². The normalized spacial score (nSPS) is 12.7. The molecule has 0 bridgehead atoms. The van der Waals surface area contributed by atoms with Gasteiger partial charge in [-0.2, -0.15) is 0 Å². The Kier molecular flexibility index (Phi) is 3.62. The van der Waals surface area contributed by atoms with E-state index < -0.39 is 0 Å². The molecule has 0 amide bonds.